The van der Waals surface area contributed by atoms with Crippen LogP contribution in [-0.4, -0.2) is 6.10 Å². The molecular weight excluding hydrogens is 301 g/mol. The second kappa shape index (κ2) is 4.84. The van der Waals surface area contributed by atoms with Gasteiger partial charge in [0.25, 0.3) is 0 Å². The Balaban J connectivity index is 2.03. The summed E-state index contributed by atoms with van der Waals surface area (Å²) in [5.41, 5.74) is 0. The first-order chi connectivity index (χ1) is 7.29. The summed E-state index contributed by atoms with van der Waals surface area (Å²) in [6, 6.07) is 10.3. The predicted molar refractivity (Wildman–Crippen MR) is 66.5 cm³/mol. The number of benzene rings is 1. The van der Waals surface area contributed by atoms with Crippen molar-refractivity contribution in [2.24, 2.45) is 5.92 Å². The molecule has 0 saturated heterocycles. The maximum Gasteiger partial charge on any atom is 0.119 e. The van der Waals surface area contributed by atoms with Crippen LogP contribution in [0, 0.1) is 20.8 Å². The monoisotopic (exact) mass is 313 g/mol. The van der Waals surface area contributed by atoms with Crippen LogP contribution in [0.3, 0.4) is 0 Å². The molecule has 1 aromatic carbocycles. The van der Waals surface area contributed by atoms with Gasteiger partial charge in [-0.25, -0.2) is 0 Å². The number of hydrogen-bond acceptors (Lipinski definition) is 2. The Kier molecular flexibility index (Phi) is 3.47. The minimum Gasteiger partial charge on any atom is -0.489 e. The first kappa shape index (κ1) is 10.7. The van der Waals surface area contributed by atoms with Crippen molar-refractivity contribution in [1.29, 1.82) is 5.26 Å². The Morgan fingerprint density at radius 1 is 1.27 bits per heavy atom. The van der Waals surface area contributed by atoms with Crippen molar-refractivity contribution >= 4 is 22.6 Å². The maximum absolute atomic E-state index is 8.93. The van der Waals surface area contributed by atoms with Crippen molar-refractivity contribution in [2.45, 2.75) is 25.4 Å². The van der Waals surface area contributed by atoms with Crippen LogP contribution < -0.4 is 4.74 Å². The van der Waals surface area contributed by atoms with Crippen LogP contribution in [0.4, 0.5) is 0 Å². The molecular formula is C12H12INO. The number of halogens is 1. The highest BCUT2D eigenvalue weighted by molar-refractivity contribution is 14.1. The van der Waals surface area contributed by atoms with E-state index in [-0.39, 0.29) is 12.0 Å². The van der Waals surface area contributed by atoms with Crippen LogP contribution in [-0.2, 0) is 0 Å². The van der Waals surface area contributed by atoms with Gasteiger partial charge in [0.1, 0.15) is 11.9 Å². The summed E-state index contributed by atoms with van der Waals surface area (Å²) in [6.07, 6.45) is 3.18. The third-order valence-corrected chi connectivity index (χ3v) is 3.44. The van der Waals surface area contributed by atoms with Crippen molar-refractivity contribution in [3.63, 3.8) is 0 Å². The zero-order valence-corrected chi connectivity index (χ0v) is 10.5. The molecule has 0 aromatic heterocycles. The molecule has 0 N–H and O–H groups in total. The van der Waals surface area contributed by atoms with Crippen LogP contribution in [0.5, 0.6) is 5.75 Å². The molecule has 2 nitrogen and oxygen atoms in total. The number of nitrogens with zero attached hydrogens (tertiary/aromatic N) is 1. The molecule has 0 heterocycles. The predicted octanol–water partition coefficient (Wildman–Crippen LogP) is 3.36. The van der Waals surface area contributed by atoms with Crippen molar-refractivity contribution < 1.29 is 4.74 Å². The molecule has 2 rings (SSSR count). The van der Waals surface area contributed by atoms with Gasteiger partial charge in [-0.15, -0.1) is 0 Å². The summed E-state index contributed by atoms with van der Waals surface area (Å²) in [5, 5.41) is 8.93. The molecule has 0 radical (unpaired) electrons. The molecule has 0 aliphatic heterocycles. The third-order valence-electron chi connectivity index (χ3n) is 2.72. The van der Waals surface area contributed by atoms with Crippen LogP contribution >= 0.6 is 22.6 Å². The van der Waals surface area contributed by atoms with E-state index >= 15 is 0 Å². The van der Waals surface area contributed by atoms with Gasteiger partial charge < -0.3 is 4.74 Å². The lowest BCUT2D eigenvalue weighted by atomic mass is 10.1. The van der Waals surface area contributed by atoms with E-state index in [1.807, 2.05) is 24.3 Å². The van der Waals surface area contributed by atoms with Gasteiger partial charge in [0.15, 0.2) is 0 Å². The SMILES string of the molecule is N#CC1CCCC1Oc1ccc(I)cc1. The molecule has 0 bridgehead atoms. The first-order valence-corrected chi connectivity index (χ1v) is 6.19. The molecule has 2 atom stereocenters. The van der Waals surface area contributed by atoms with E-state index in [4.69, 9.17) is 10.00 Å². The minimum absolute atomic E-state index is 0.0734. The molecule has 1 aliphatic rings. The summed E-state index contributed by atoms with van der Waals surface area (Å²) in [6.45, 7) is 0. The summed E-state index contributed by atoms with van der Waals surface area (Å²) < 4.78 is 7.01. The van der Waals surface area contributed by atoms with E-state index in [2.05, 4.69) is 28.7 Å². The Hall–Kier alpha value is -0.760. The smallest absolute Gasteiger partial charge is 0.119 e. The fourth-order valence-electron chi connectivity index (χ4n) is 1.90. The third kappa shape index (κ3) is 2.63. The zero-order chi connectivity index (χ0) is 10.7. The van der Waals surface area contributed by atoms with Crippen LogP contribution in [0.1, 0.15) is 19.3 Å². The topological polar surface area (TPSA) is 33.0 Å². The highest BCUT2D eigenvalue weighted by Gasteiger charge is 2.28. The van der Waals surface area contributed by atoms with Crippen LogP contribution in [0.25, 0.3) is 0 Å². The largest absolute Gasteiger partial charge is 0.489 e. The minimum atomic E-state index is 0.0734. The van der Waals surface area contributed by atoms with Gasteiger partial charge in [-0.1, -0.05) is 0 Å². The highest BCUT2D eigenvalue weighted by atomic mass is 127. The van der Waals surface area contributed by atoms with Gasteiger partial charge in [-0.3, -0.25) is 0 Å². The van der Waals surface area contributed by atoms with Crippen molar-refractivity contribution in [3.05, 3.63) is 27.8 Å². The number of hydrogen-bond donors (Lipinski definition) is 0. The Bertz CT molecular complexity index is 368. The van der Waals surface area contributed by atoms with Gasteiger partial charge in [-0.2, -0.15) is 5.26 Å². The molecule has 1 saturated carbocycles. The number of nitriles is 1. The summed E-state index contributed by atoms with van der Waals surface area (Å²) in [4.78, 5) is 0. The highest BCUT2D eigenvalue weighted by Crippen LogP contribution is 2.29. The summed E-state index contributed by atoms with van der Waals surface area (Å²) >= 11 is 2.26. The maximum atomic E-state index is 8.93. The number of ether oxygens (including phenoxy) is 1. The van der Waals surface area contributed by atoms with E-state index < -0.39 is 0 Å². The molecule has 1 aromatic rings. The molecule has 2 unspecified atom stereocenters. The van der Waals surface area contributed by atoms with Gasteiger partial charge >= 0.3 is 0 Å². The van der Waals surface area contributed by atoms with E-state index in [0.717, 1.165) is 25.0 Å². The average Bonchev–Trinajstić information content (AvgIpc) is 2.69. The average molecular weight is 313 g/mol. The lowest BCUT2D eigenvalue weighted by Gasteiger charge is -2.16. The Labute approximate surface area is 103 Å². The van der Waals surface area contributed by atoms with Crippen LogP contribution in [0.2, 0.25) is 0 Å². The molecule has 1 fully saturated rings. The fourth-order valence-corrected chi connectivity index (χ4v) is 2.26. The lowest BCUT2D eigenvalue weighted by Crippen LogP contribution is -2.19. The normalized spacial score (nSPS) is 24.8. The quantitative estimate of drug-likeness (QED) is 0.784. The van der Waals surface area contributed by atoms with E-state index in [1.54, 1.807) is 0 Å². The van der Waals surface area contributed by atoms with Gasteiger partial charge in [0.2, 0.25) is 0 Å². The van der Waals surface area contributed by atoms with E-state index in [1.165, 1.54) is 3.57 Å². The zero-order valence-electron chi connectivity index (χ0n) is 8.32. The second-order valence-electron chi connectivity index (χ2n) is 3.78. The summed E-state index contributed by atoms with van der Waals surface area (Å²) in [7, 11) is 0. The number of rotatable bonds is 2. The molecule has 3 heteroatoms. The van der Waals surface area contributed by atoms with Crippen LogP contribution in [0.15, 0.2) is 24.3 Å². The molecule has 0 spiro atoms. The van der Waals surface area contributed by atoms with E-state index in [9.17, 15) is 0 Å². The second-order valence-corrected chi connectivity index (χ2v) is 5.02. The van der Waals surface area contributed by atoms with Crippen molar-refractivity contribution in [1.82, 2.24) is 0 Å². The molecule has 0 amide bonds. The van der Waals surface area contributed by atoms with Gasteiger partial charge in [0.05, 0.1) is 12.0 Å². The Morgan fingerprint density at radius 2 is 2.00 bits per heavy atom. The molecule has 15 heavy (non-hydrogen) atoms. The van der Waals surface area contributed by atoms with Gasteiger partial charge in [0, 0.05) is 3.57 Å². The summed E-state index contributed by atoms with van der Waals surface area (Å²) in [5.74, 6) is 0.951. The first-order valence-electron chi connectivity index (χ1n) is 5.11. The Morgan fingerprint density at radius 3 is 2.67 bits per heavy atom. The fraction of sp³-hybridized carbons (Fsp3) is 0.417. The van der Waals surface area contributed by atoms with Crippen molar-refractivity contribution in [3.8, 4) is 11.8 Å². The van der Waals surface area contributed by atoms with Crippen molar-refractivity contribution in [2.75, 3.05) is 0 Å². The van der Waals surface area contributed by atoms with E-state index in [0.29, 0.717) is 0 Å². The lowest BCUT2D eigenvalue weighted by molar-refractivity contribution is 0.182. The molecule has 1 aliphatic carbocycles. The molecule has 78 valence electrons. The van der Waals surface area contributed by atoms with Gasteiger partial charge in [-0.05, 0) is 66.1 Å². The standard InChI is InChI=1S/C12H12INO/c13-10-4-6-11(7-5-10)15-12-3-1-2-9(12)8-14/h4-7,9,12H,1-3H2.